The molecule has 0 spiro atoms. The fraction of sp³-hybridized carbons (Fsp3) is 0.333. The van der Waals surface area contributed by atoms with Gasteiger partial charge in [0.05, 0.1) is 11.8 Å². The zero-order valence-corrected chi connectivity index (χ0v) is 19.9. The highest BCUT2D eigenvalue weighted by Crippen LogP contribution is 2.53. The van der Waals surface area contributed by atoms with Gasteiger partial charge in [-0.2, -0.15) is 0 Å². The summed E-state index contributed by atoms with van der Waals surface area (Å²) < 4.78 is 5.32. The Kier molecular flexibility index (Phi) is 6.19. The van der Waals surface area contributed by atoms with Crippen molar-refractivity contribution < 1.29 is 23.9 Å². The first-order valence-electron chi connectivity index (χ1n) is 11.7. The van der Waals surface area contributed by atoms with Gasteiger partial charge in [-0.15, -0.1) is 0 Å². The van der Waals surface area contributed by atoms with Gasteiger partial charge in [0.1, 0.15) is 6.04 Å². The summed E-state index contributed by atoms with van der Waals surface area (Å²) in [7, 11) is 0. The van der Waals surface area contributed by atoms with Crippen molar-refractivity contribution in [3.63, 3.8) is 0 Å². The van der Waals surface area contributed by atoms with Gasteiger partial charge in [-0.05, 0) is 48.4 Å². The van der Waals surface area contributed by atoms with Crippen LogP contribution in [0, 0.1) is 30.6 Å². The number of imide groups is 1. The topological polar surface area (TPSA) is 92.8 Å². The molecule has 1 saturated carbocycles. The fourth-order valence-electron chi connectivity index (χ4n) is 5.45. The predicted molar refractivity (Wildman–Crippen MR) is 129 cm³/mol. The SMILES string of the molecule is Cc1ccc(NC(=O)COC(=O)[C@@H](Cc2ccccc2)N2C(=O)[C@@H]3[C@H](C2=O)[C@H]2C=C[C@H]3C2)cc1Cl. The number of hydrogen-bond donors (Lipinski definition) is 1. The molecule has 1 saturated heterocycles. The minimum atomic E-state index is -1.14. The number of halogens is 1. The maximum absolute atomic E-state index is 13.3. The maximum atomic E-state index is 13.3. The maximum Gasteiger partial charge on any atom is 0.330 e. The first-order chi connectivity index (χ1) is 16.8. The minimum Gasteiger partial charge on any atom is -0.454 e. The van der Waals surface area contributed by atoms with E-state index >= 15 is 0 Å². The molecule has 35 heavy (non-hydrogen) atoms. The Bertz CT molecular complexity index is 1200. The monoisotopic (exact) mass is 492 g/mol. The summed E-state index contributed by atoms with van der Waals surface area (Å²) in [5.41, 5.74) is 2.13. The fourth-order valence-corrected chi connectivity index (χ4v) is 5.63. The van der Waals surface area contributed by atoms with Crippen LogP contribution in [-0.4, -0.2) is 41.2 Å². The van der Waals surface area contributed by atoms with Crippen molar-refractivity contribution in [2.24, 2.45) is 23.7 Å². The number of hydrogen-bond acceptors (Lipinski definition) is 5. The molecule has 2 bridgehead atoms. The normalized spacial score (nSPS) is 25.0. The zero-order valence-electron chi connectivity index (χ0n) is 19.1. The number of carbonyl (C=O) groups is 4. The molecule has 8 heteroatoms. The predicted octanol–water partition coefficient (Wildman–Crippen LogP) is 3.55. The number of amides is 3. The number of nitrogens with zero attached hydrogens (tertiary/aromatic N) is 1. The van der Waals surface area contributed by atoms with E-state index in [0.717, 1.165) is 22.4 Å². The molecule has 1 aliphatic heterocycles. The molecule has 0 radical (unpaired) electrons. The minimum absolute atomic E-state index is 0.0342. The van der Waals surface area contributed by atoms with Gasteiger partial charge >= 0.3 is 5.97 Å². The van der Waals surface area contributed by atoms with E-state index in [4.69, 9.17) is 16.3 Å². The second-order valence-corrected chi connectivity index (χ2v) is 9.78. The lowest BCUT2D eigenvalue weighted by Crippen LogP contribution is -2.48. The number of anilines is 1. The molecule has 0 unspecified atom stereocenters. The van der Waals surface area contributed by atoms with Crippen molar-refractivity contribution in [1.82, 2.24) is 4.90 Å². The first-order valence-corrected chi connectivity index (χ1v) is 12.0. The van der Waals surface area contributed by atoms with Crippen LogP contribution in [0.1, 0.15) is 17.5 Å². The van der Waals surface area contributed by atoms with E-state index < -0.39 is 36.4 Å². The second-order valence-electron chi connectivity index (χ2n) is 9.37. The summed E-state index contributed by atoms with van der Waals surface area (Å²) in [4.78, 5) is 53.4. The third-order valence-electron chi connectivity index (χ3n) is 7.16. The van der Waals surface area contributed by atoms with Gasteiger partial charge in [0.2, 0.25) is 11.8 Å². The van der Waals surface area contributed by atoms with E-state index in [-0.39, 0.29) is 30.1 Å². The van der Waals surface area contributed by atoms with Gasteiger partial charge in [0.15, 0.2) is 6.61 Å². The lowest BCUT2D eigenvalue weighted by Gasteiger charge is -2.26. The van der Waals surface area contributed by atoms with E-state index in [1.807, 2.05) is 49.4 Å². The molecule has 0 aromatic heterocycles. The van der Waals surface area contributed by atoms with Crippen LogP contribution in [0.5, 0.6) is 0 Å². The number of fused-ring (bicyclic) bond motifs is 5. The zero-order chi connectivity index (χ0) is 24.7. The summed E-state index contributed by atoms with van der Waals surface area (Å²) in [6, 6.07) is 13.1. The highest BCUT2D eigenvalue weighted by atomic mass is 35.5. The molecule has 2 aliphatic carbocycles. The Labute approximate surface area is 208 Å². The van der Waals surface area contributed by atoms with E-state index in [1.54, 1.807) is 18.2 Å². The molecule has 1 N–H and O–H groups in total. The number of aryl methyl sites for hydroxylation is 1. The third kappa shape index (κ3) is 4.36. The van der Waals surface area contributed by atoms with Crippen LogP contribution in [0.3, 0.4) is 0 Å². The van der Waals surface area contributed by atoms with Crippen LogP contribution in [0.4, 0.5) is 5.69 Å². The van der Waals surface area contributed by atoms with Gasteiger partial charge < -0.3 is 10.1 Å². The van der Waals surface area contributed by atoms with Gasteiger partial charge in [0, 0.05) is 17.1 Å². The molecule has 7 nitrogen and oxygen atoms in total. The molecule has 2 fully saturated rings. The number of ether oxygens (including phenoxy) is 1. The van der Waals surface area contributed by atoms with Crippen molar-refractivity contribution in [2.45, 2.75) is 25.8 Å². The Hall–Kier alpha value is -3.45. The summed E-state index contributed by atoms with van der Waals surface area (Å²) in [5.74, 6) is -2.75. The van der Waals surface area contributed by atoms with Crippen LogP contribution >= 0.6 is 11.6 Å². The molecule has 180 valence electrons. The first kappa shape index (κ1) is 23.3. The van der Waals surface area contributed by atoms with Gasteiger partial charge in [-0.25, -0.2) is 4.79 Å². The lowest BCUT2D eigenvalue weighted by atomic mass is 9.85. The molecule has 2 aromatic carbocycles. The van der Waals surface area contributed by atoms with Crippen molar-refractivity contribution >= 4 is 41.0 Å². The highest BCUT2D eigenvalue weighted by molar-refractivity contribution is 6.31. The number of likely N-dealkylation sites (tertiary alicyclic amines) is 1. The van der Waals surface area contributed by atoms with Gasteiger partial charge in [-0.3, -0.25) is 19.3 Å². The van der Waals surface area contributed by atoms with Crippen molar-refractivity contribution in [2.75, 3.05) is 11.9 Å². The summed E-state index contributed by atoms with van der Waals surface area (Å²) in [6.45, 7) is 1.30. The molecular formula is C27H25ClN2O5. The smallest absolute Gasteiger partial charge is 0.330 e. The average molecular weight is 493 g/mol. The Morgan fingerprint density at radius 2 is 1.71 bits per heavy atom. The highest BCUT2D eigenvalue weighted by Gasteiger charge is 2.61. The number of rotatable bonds is 7. The van der Waals surface area contributed by atoms with Crippen molar-refractivity contribution in [1.29, 1.82) is 0 Å². The van der Waals surface area contributed by atoms with E-state index in [0.29, 0.717) is 10.7 Å². The molecule has 1 heterocycles. The average Bonchev–Trinajstić information content (AvgIpc) is 3.53. The Balaban J connectivity index is 1.31. The summed E-state index contributed by atoms with van der Waals surface area (Å²) in [5, 5.41) is 3.14. The van der Waals surface area contributed by atoms with Gasteiger partial charge in [0.25, 0.3) is 5.91 Å². The molecular weight excluding hydrogens is 468 g/mol. The molecule has 3 amide bonds. The van der Waals surface area contributed by atoms with Gasteiger partial charge in [-0.1, -0.05) is 60.2 Å². The van der Waals surface area contributed by atoms with Crippen molar-refractivity contribution in [3.8, 4) is 0 Å². The number of allylic oxidation sites excluding steroid dienone is 2. The molecule has 5 atom stereocenters. The number of nitrogens with one attached hydrogen (secondary N) is 1. The van der Waals surface area contributed by atoms with Crippen LogP contribution in [0.2, 0.25) is 5.02 Å². The largest absolute Gasteiger partial charge is 0.454 e. The Morgan fingerprint density at radius 1 is 1.06 bits per heavy atom. The second kappa shape index (κ2) is 9.30. The summed E-state index contributed by atoms with van der Waals surface area (Å²) >= 11 is 6.10. The summed E-state index contributed by atoms with van der Waals surface area (Å²) in [6.07, 6.45) is 4.94. The standard InChI is InChI=1S/C27H25ClN2O5/c1-15-7-10-19(13-20(15)28)29-22(31)14-35-27(34)21(11-16-5-3-2-4-6-16)30-25(32)23-17-8-9-18(12-17)24(23)26(30)33/h2-10,13,17-18,21,23-24H,11-12,14H2,1H3,(H,29,31)/t17-,18-,21+,23-,24+/m0/s1. The third-order valence-corrected chi connectivity index (χ3v) is 7.57. The number of esters is 1. The molecule has 3 aliphatic rings. The lowest BCUT2D eigenvalue weighted by molar-refractivity contribution is -0.160. The van der Waals surface area contributed by atoms with Crippen molar-refractivity contribution in [3.05, 3.63) is 76.8 Å². The Morgan fingerprint density at radius 3 is 2.34 bits per heavy atom. The number of benzene rings is 2. The molecule has 5 rings (SSSR count). The van der Waals surface area contributed by atoms with Crippen LogP contribution in [-0.2, 0) is 30.3 Å². The van der Waals surface area contributed by atoms with Crippen LogP contribution < -0.4 is 5.32 Å². The van der Waals surface area contributed by atoms with E-state index in [9.17, 15) is 19.2 Å². The van der Waals surface area contributed by atoms with E-state index in [2.05, 4.69) is 5.32 Å². The quantitative estimate of drug-likeness (QED) is 0.362. The number of carbonyl (C=O) groups excluding carboxylic acids is 4. The van der Waals surface area contributed by atoms with E-state index in [1.165, 1.54) is 0 Å². The van der Waals surface area contributed by atoms with Crippen LogP contribution in [0.25, 0.3) is 0 Å². The molecule has 2 aromatic rings. The van der Waals surface area contributed by atoms with Crippen LogP contribution in [0.15, 0.2) is 60.7 Å².